The van der Waals surface area contributed by atoms with E-state index in [1.165, 1.54) is 12.0 Å². The minimum absolute atomic E-state index is 0.106. The van der Waals surface area contributed by atoms with Crippen LogP contribution in [0, 0.1) is 17.2 Å². The minimum Gasteiger partial charge on any atom is -0.494 e. The van der Waals surface area contributed by atoms with E-state index in [-0.39, 0.29) is 6.10 Å². The van der Waals surface area contributed by atoms with Crippen LogP contribution in [0.2, 0.25) is 0 Å². The fraction of sp³-hybridized carbons (Fsp3) is 0.611. The number of unbranched alkanes of at least 4 members (excludes halogenated alkanes) is 1. The Morgan fingerprint density at radius 2 is 2.27 bits per heavy atom. The molecule has 1 aromatic rings. The van der Waals surface area contributed by atoms with E-state index in [0.29, 0.717) is 18.9 Å². The van der Waals surface area contributed by atoms with Crippen LogP contribution < -0.4 is 10.1 Å². The molecule has 2 N–H and O–H groups in total. The Labute approximate surface area is 133 Å². The normalized spacial score (nSPS) is 21.3. The number of nitriles is 1. The zero-order valence-corrected chi connectivity index (χ0v) is 13.1. The van der Waals surface area contributed by atoms with Crippen molar-refractivity contribution in [3.8, 4) is 11.8 Å². The van der Waals surface area contributed by atoms with Crippen molar-refractivity contribution in [1.82, 2.24) is 5.32 Å². The third kappa shape index (κ3) is 6.05. The van der Waals surface area contributed by atoms with Crippen LogP contribution >= 0.6 is 0 Å². The van der Waals surface area contributed by atoms with Crippen molar-refractivity contribution in [1.29, 1.82) is 5.26 Å². The van der Waals surface area contributed by atoms with E-state index in [1.54, 1.807) is 0 Å². The van der Waals surface area contributed by atoms with Crippen LogP contribution in [0.25, 0.3) is 0 Å². The molecule has 0 bridgehead atoms. The maximum Gasteiger partial charge on any atom is 0.119 e. The monoisotopic (exact) mass is 302 g/mol. The number of rotatable bonds is 8. The molecule has 120 valence electrons. The van der Waals surface area contributed by atoms with Gasteiger partial charge in [-0.25, -0.2) is 0 Å². The Hall–Kier alpha value is -1.57. The van der Waals surface area contributed by atoms with Crippen LogP contribution in [-0.2, 0) is 6.54 Å². The Bertz CT molecular complexity index is 484. The molecule has 0 amide bonds. The van der Waals surface area contributed by atoms with Crippen LogP contribution in [0.5, 0.6) is 5.75 Å². The van der Waals surface area contributed by atoms with Crippen molar-refractivity contribution >= 4 is 0 Å². The van der Waals surface area contributed by atoms with Crippen LogP contribution in [0.15, 0.2) is 24.3 Å². The van der Waals surface area contributed by atoms with Crippen LogP contribution in [0.1, 0.15) is 44.1 Å². The number of hydrogen-bond acceptors (Lipinski definition) is 4. The van der Waals surface area contributed by atoms with Gasteiger partial charge >= 0.3 is 0 Å². The van der Waals surface area contributed by atoms with Gasteiger partial charge < -0.3 is 15.2 Å². The van der Waals surface area contributed by atoms with Crippen molar-refractivity contribution in [2.24, 2.45) is 5.92 Å². The second-order valence-corrected chi connectivity index (χ2v) is 6.07. The molecular formula is C18H26N2O2. The first-order valence-corrected chi connectivity index (χ1v) is 8.25. The highest BCUT2D eigenvalue weighted by Crippen LogP contribution is 2.23. The topological polar surface area (TPSA) is 65.3 Å². The lowest BCUT2D eigenvalue weighted by Gasteiger charge is -2.26. The molecule has 1 aliphatic rings. The van der Waals surface area contributed by atoms with Gasteiger partial charge in [-0.2, -0.15) is 5.26 Å². The quantitative estimate of drug-likeness (QED) is 0.725. The van der Waals surface area contributed by atoms with Gasteiger partial charge in [0.25, 0.3) is 0 Å². The SMILES string of the molecule is N#CCCCOc1cccc(CNCC2CCCC(O)C2)c1. The van der Waals surface area contributed by atoms with E-state index in [0.717, 1.165) is 44.5 Å². The maximum atomic E-state index is 9.69. The van der Waals surface area contributed by atoms with Gasteiger partial charge in [-0.15, -0.1) is 0 Å². The molecule has 0 saturated heterocycles. The molecule has 0 spiro atoms. The van der Waals surface area contributed by atoms with Gasteiger partial charge in [-0.1, -0.05) is 18.6 Å². The molecule has 1 fully saturated rings. The Balaban J connectivity index is 1.70. The number of benzene rings is 1. The number of aliphatic hydroxyl groups excluding tert-OH is 1. The van der Waals surface area contributed by atoms with Gasteiger partial charge in [0.05, 0.1) is 18.8 Å². The number of ether oxygens (including phenoxy) is 1. The summed E-state index contributed by atoms with van der Waals surface area (Å²) < 4.78 is 5.65. The molecule has 0 heterocycles. The fourth-order valence-corrected chi connectivity index (χ4v) is 2.96. The molecule has 22 heavy (non-hydrogen) atoms. The molecule has 1 saturated carbocycles. The van der Waals surface area contributed by atoms with Crippen LogP contribution in [0.3, 0.4) is 0 Å². The molecule has 0 aromatic heterocycles. The summed E-state index contributed by atoms with van der Waals surface area (Å²) in [6, 6.07) is 10.2. The van der Waals surface area contributed by atoms with Crippen molar-refractivity contribution in [2.45, 2.75) is 51.2 Å². The van der Waals surface area contributed by atoms with E-state index >= 15 is 0 Å². The highest BCUT2D eigenvalue weighted by atomic mass is 16.5. The molecule has 1 aromatic carbocycles. The third-order valence-corrected chi connectivity index (χ3v) is 4.12. The minimum atomic E-state index is -0.106. The second-order valence-electron chi connectivity index (χ2n) is 6.07. The molecule has 4 heteroatoms. The molecular weight excluding hydrogens is 276 g/mol. The first-order chi connectivity index (χ1) is 10.8. The molecule has 2 rings (SSSR count). The lowest BCUT2D eigenvalue weighted by molar-refractivity contribution is 0.101. The molecule has 2 atom stereocenters. The second kappa shape index (κ2) is 9.45. The van der Waals surface area contributed by atoms with Crippen molar-refractivity contribution in [3.63, 3.8) is 0 Å². The predicted octanol–water partition coefficient (Wildman–Crippen LogP) is 3.01. The van der Waals surface area contributed by atoms with Gasteiger partial charge in [-0.3, -0.25) is 0 Å². The van der Waals surface area contributed by atoms with E-state index in [4.69, 9.17) is 10.00 Å². The van der Waals surface area contributed by atoms with Gasteiger partial charge in [-0.05, 0) is 55.8 Å². The lowest BCUT2D eigenvalue weighted by atomic mass is 9.87. The van der Waals surface area contributed by atoms with Gasteiger partial charge in [0.15, 0.2) is 0 Å². The van der Waals surface area contributed by atoms with E-state index in [2.05, 4.69) is 23.5 Å². The van der Waals surface area contributed by atoms with E-state index in [9.17, 15) is 5.11 Å². The Kier molecular flexibility index (Phi) is 7.21. The van der Waals surface area contributed by atoms with Gasteiger partial charge in [0.2, 0.25) is 0 Å². The standard InChI is InChI=1S/C18H26N2O2/c19-9-1-2-10-22-18-8-4-6-16(12-18)14-20-13-15-5-3-7-17(21)11-15/h4,6,8,12,15,17,20-21H,1-3,5,7,10-11,13-14H2. The zero-order valence-electron chi connectivity index (χ0n) is 13.1. The average Bonchev–Trinajstić information content (AvgIpc) is 2.52. The van der Waals surface area contributed by atoms with Crippen molar-refractivity contribution in [2.75, 3.05) is 13.2 Å². The average molecular weight is 302 g/mol. The summed E-state index contributed by atoms with van der Waals surface area (Å²) >= 11 is 0. The first-order valence-electron chi connectivity index (χ1n) is 8.25. The zero-order chi connectivity index (χ0) is 15.6. The smallest absolute Gasteiger partial charge is 0.119 e. The summed E-state index contributed by atoms with van der Waals surface area (Å²) in [5, 5.41) is 21.7. The van der Waals surface area contributed by atoms with Crippen LogP contribution in [-0.4, -0.2) is 24.4 Å². The molecule has 1 aliphatic carbocycles. The number of hydrogen-bond donors (Lipinski definition) is 2. The summed E-state index contributed by atoms with van der Waals surface area (Å²) in [7, 11) is 0. The summed E-state index contributed by atoms with van der Waals surface area (Å²) in [4.78, 5) is 0. The predicted molar refractivity (Wildman–Crippen MR) is 86.5 cm³/mol. The highest BCUT2D eigenvalue weighted by Gasteiger charge is 2.19. The lowest BCUT2D eigenvalue weighted by Crippen LogP contribution is -2.28. The van der Waals surface area contributed by atoms with E-state index < -0.39 is 0 Å². The van der Waals surface area contributed by atoms with Gasteiger partial charge in [0.1, 0.15) is 5.75 Å². The van der Waals surface area contributed by atoms with Crippen molar-refractivity contribution in [3.05, 3.63) is 29.8 Å². The molecule has 4 nitrogen and oxygen atoms in total. The maximum absolute atomic E-state index is 9.69. The summed E-state index contributed by atoms with van der Waals surface area (Å²) in [6.45, 7) is 2.37. The molecule has 0 radical (unpaired) electrons. The Morgan fingerprint density at radius 1 is 1.36 bits per heavy atom. The molecule has 0 aliphatic heterocycles. The largest absolute Gasteiger partial charge is 0.494 e. The summed E-state index contributed by atoms with van der Waals surface area (Å²) in [5.74, 6) is 1.46. The van der Waals surface area contributed by atoms with Gasteiger partial charge in [0, 0.05) is 13.0 Å². The highest BCUT2D eigenvalue weighted by molar-refractivity contribution is 5.28. The number of aliphatic hydroxyl groups is 1. The summed E-state index contributed by atoms with van der Waals surface area (Å²) in [6.07, 6.45) is 5.44. The van der Waals surface area contributed by atoms with Crippen molar-refractivity contribution < 1.29 is 9.84 Å². The third-order valence-electron chi connectivity index (χ3n) is 4.12. The van der Waals surface area contributed by atoms with Crippen LogP contribution in [0.4, 0.5) is 0 Å². The first kappa shape index (κ1) is 16.8. The summed E-state index contributed by atoms with van der Waals surface area (Å²) in [5.41, 5.74) is 1.20. The van der Waals surface area contributed by atoms with E-state index in [1.807, 2.05) is 12.1 Å². The number of nitrogens with one attached hydrogen (secondary N) is 1. The fourth-order valence-electron chi connectivity index (χ4n) is 2.96. The Morgan fingerprint density at radius 3 is 3.09 bits per heavy atom. The number of nitrogens with zero attached hydrogens (tertiary/aromatic N) is 1. The molecule has 2 unspecified atom stereocenters.